The van der Waals surface area contributed by atoms with E-state index in [1.165, 1.54) is 0 Å². The zero-order valence-corrected chi connectivity index (χ0v) is 21.1. The third-order valence-electron chi connectivity index (χ3n) is 5.59. The number of unbranched alkanes of at least 4 members (excludes halogenated alkanes) is 2. The molecule has 1 aliphatic rings. The Bertz CT molecular complexity index is 849. The van der Waals surface area contributed by atoms with Gasteiger partial charge in [-0.25, -0.2) is 0 Å². The van der Waals surface area contributed by atoms with Crippen LogP contribution in [0.3, 0.4) is 0 Å². The van der Waals surface area contributed by atoms with E-state index in [2.05, 4.69) is 61.5 Å². The van der Waals surface area contributed by atoms with Crippen molar-refractivity contribution in [1.29, 1.82) is 0 Å². The van der Waals surface area contributed by atoms with E-state index in [-0.39, 0.29) is 6.61 Å². The van der Waals surface area contributed by atoms with E-state index in [4.69, 9.17) is 19.8 Å². The molecule has 9 nitrogen and oxygen atoms in total. The molecule has 0 aliphatic carbocycles. The minimum atomic E-state index is 0.228. The molecule has 0 atom stereocenters. The molecule has 0 amide bonds. The van der Waals surface area contributed by atoms with E-state index in [0.29, 0.717) is 23.9 Å². The fraction of sp³-hybridized carbons (Fsp3) is 0.591. The minimum Gasteiger partial charge on any atom is -0.496 e. The predicted molar refractivity (Wildman–Crippen MR) is 138 cm³/mol. The summed E-state index contributed by atoms with van der Waals surface area (Å²) in [6.07, 6.45) is 4.85. The van der Waals surface area contributed by atoms with E-state index in [0.717, 1.165) is 73.2 Å². The Kier molecular flexibility index (Phi) is 10.0. The maximum atomic E-state index is 8.97. The topological polar surface area (TPSA) is 107 Å². The largest absolute Gasteiger partial charge is 0.496 e. The number of aromatic nitrogens is 3. The molecule has 1 aliphatic heterocycles. The van der Waals surface area contributed by atoms with Crippen molar-refractivity contribution >= 4 is 46.1 Å². The number of methoxy groups -OCH3 is 1. The summed E-state index contributed by atoms with van der Waals surface area (Å²) in [5.41, 5.74) is 2.02. The summed E-state index contributed by atoms with van der Waals surface area (Å²) in [5.74, 6) is 2.61. The van der Waals surface area contributed by atoms with Gasteiger partial charge in [-0.3, -0.25) is 0 Å². The Morgan fingerprint density at radius 1 is 1.16 bits per heavy atom. The fourth-order valence-corrected chi connectivity index (χ4v) is 4.31. The molecule has 10 heteroatoms. The lowest BCUT2D eigenvalue weighted by molar-refractivity contribution is 0.283. The first kappa shape index (κ1) is 24.7. The van der Waals surface area contributed by atoms with Gasteiger partial charge in [0.1, 0.15) is 5.75 Å². The average Bonchev–Trinajstić information content (AvgIpc) is 2.83. The smallest absolute Gasteiger partial charge is 0.233 e. The van der Waals surface area contributed by atoms with Crippen LogP contribution in [-0.4, -0.2) is 66.5 Å². The summed E-state index contributed by atoms with van der Waals surface area (Å²) in [6, 6.07) is 6.39. The van der Waals surface area contributed by atoms with Gasteiger partial charge in [-0.05, 0) is 63.4 Å². The molecule has 2 aromatic rings. The highest BCUT2D eigenvalue weighted by molar-refractivity contribution is 14.1. The lowest BCUT2D eigenvalue weighted by atomic mass is 10.1. The van der Waals surface area contributed by atoms with Gasteiger partial charge in [0.25, 0.3) is 0 Å². The van der Waals surface area contributed by atoms with Crippen LogP contribution in [0.1, 0.15) is 37.7 Å². The Balaban J connectivity index is 1.80. The number of nitrogens with one attached hydrogen (secondary N) is 3. The van der Waals surface area contributed by atoms with Gasteiger partial charge < -0.3 is 30.7 Å². The highest BCUT2D eigenvalue weighted by Gasteiger charge is 2.21. The van der Waals surface area contributed by atoms with Crippen LogP contribution < -0.4 is 25.6 Å². The monoisotopic (exact) mass is 555 g/mol. The molecule has 176 valence electrons. The maximum absolute atomic E-state index is 8.97. The number of anilines is 4. The lowest BCUT2D eigenvalue weighted by Crippen LogP contribution is -2.42. The molecule has 0 unspecified atom stereocenters. The number of alkyl halides is 1. The first-order valence-electron chi connectivity index (χ1n) is 11.2. The van der Waals surface area contributed by atoms with Crippen LogP contribution in [0.4, 0.5) is 23.5 Å². The first-order chi connectivity index (χ1) is 15.6. The van der Waals surface area contributed by atoms with Crippen molar-refractivity contribution in [2.45, 2.75) is 42.6 Å². The number of hydrogen-bond donors (Lipinski definition) is 4. The molecule has 0 saturated carbocycles. The average molecular weight is 555 g/mol. The highest BCUT2D eigenvalue weighted by Crippen LogP contribution is 2.27. The molecular weight excluding hydrogens is 521 g/mol. The van der Waals surface area contributed by atoms with Crippen LogP contribution in [0.2, 0.25) is 0 Å². The van der Waals surface area contributed by atoms with Gasteiger partial charge in [-0.1, -0.05) is 22.6 Å². The number of aliphatic hydroxyl groups excluding tert-OH is 1. The van der Waals surface area contributed by atoms with Crippen molar-refractivity contribution < 1.29 is 9.84 Å². The van der Waals surface area contributed by atoms with Crippen molar-refractivity contribution in [2.75, 3.05) is 55.9 Å². The normalized spacial score (nSPS) is 14.2. The second-order valence-corrected chi connectivity index (χ2v) is 8.63. The standard InChI is InChI=1S/C22H34IN7O2/c1-30(18-8-11-24-12-9-18)22-28-20(25-10-4-3-5-13-31)27-21(29-22)26-17-6-7-19(32-2)16(14-17)15-23/h6-7,14,18,24,31H,3-5,8-13,15H2,1-2H3,(H2,25,26,27,28,29). The number of piperidine rings is 1. The molecule has 1 aromatic heterocycles. The van der Waals surface area contributed by atoms with Crippen molar-refractivity contribution in [1.82, 2.24) is 20.3 Å². The third kappa shape index (κ3) is 7.04. The van der Waals surface area contributed by atoms with Gasteiger partial charge in [0, 0.05) is 41.9 Å². The number of rotatable bonds is 12. The molecular formula is C22H34IN7O2. The van der Waals surface area contributed by atoms with Gasteiger partial charge in [-0.2, -0.15) is 15.0 Å². The summed E-state index contributed by atoms with van der Waals surface area (Å²) in [4.78, 5) is 16.2. The van der Waals surface area contributed by atoms with E-state index < -0.39 is 0 Å². The Hall–Kier alpha value is -1.92. The zero-order chi connectivity index (χ0) is 22.8. The fourth-order valence-electron chi connectivity index (χ4n) is 3.72. The van der Waals surface area contributed by atoms with Crippen LogP contribution in [0.25, 0.3) is 0 Å². The molecule has 3 rings (SSSR count). The molecule has 1 aromatic carbocycles. The van der Waals surface area contributed by atoms with Gasteiger partial charge in [-0.15, -0.1) is 0 Å². The Morgan fingerprint density at radius 3 is 2.66 bits per heavy atom. The summed E-state index contributed by atoms with van der Waals surface area (Å²) < 4.78 is 6.28. The molecule has 0 spiro atoms. The number of hydrogen-bond acceptors (Lipinski definition) is 9. The number of aliphatic hydroxyl groups is 1. The van der Waals surface area contributed by atoms with Gasteiger partial charge in [0.05, 0.1) is 7.11 Å². The van der Waals surface area contributed by atoms with E-state index >= 15 is 0 Å². The van der Waals surface area contributed by atoms with Crippen LogP contribution in [0, 0.1) is 0 Å². The Morgan fingerprint density at radius 2 is 1.94 bits per heavy atom. The highest BCUT2D eigenvalue weighted by atomic mass is 127. The van der Waals surface area contributed by atoms with Gasteiger partial charge in [0.2, 0.25) is 17.8 Å². The summed E-state index contributed by atoms with van der Waals surface area (Å²) in [6.45, 7) is 2.99. The summed E-state index contributed by atoms with van der Waals surface area (Å²) >= 11 is 2.33. The molecule has 0 bridgehead atoms. The van der Waals surface area contributed by atoms with Crippen LogP contribution in [0.5, 0.6) is 5.75 Å². The number of benzene rings is 1. The van der Waals surface area contributed by atoms with Crippen molar-refractivity contribution in [3.8, 4) is 5.75 Å². The zero-order valence-electron chi connectivity index (χ0n) is 18.9. The minimum absolute atomic E-state index is 0.228. The maximum Gasteiger partial charge on any atom is 0.233 e. The van der Waals surface area contributed by atoms with Gasteiger partial charge >= 0.3 is 0 Å². The van der Waals surface area contributed by atoms with Crippen molar-refractivity contribution in [3.05, 3.63) is 23.8 Å². The molecule has 4 N–H and O–H groups in total. The molecule has 1 saturated heterocycles. The molecule has 2 heterocycles. The predicted octanol–water partition coefficient (Wildman–Crippen LogP) is 3.32. The Labute approximate surface area is 203 Å². The summed E-state index contributed by atoms with van der Waals surface area (Å²) in [5, 5.41) is 19.0. The number of halogens is 1. The number of nitrogens with zero attached hydrogens (tertiary/aromatic N) is 4. The van der Waals surface area contributed by atoms with Crippen LogP contribution >= 0.6 is 22.6 Å². The van der Waals surface area contributed by atoms with E-state index in [9.17, 15) is 0 Å². The molecule has 1 fully saturated rings. The molecule has 0 radical (unpaired) electrons. The SMILES string of the molecule is COc1ccc(Nc2nc(NCCCCCO)nc(N(C)C3CCNCC3)n2)cc1CI. The quantitative estimate of drug-likeness (QED) is 0.178. The summed E-state index contributed by atoms with van der Waals surface area (Å²) in [7, 11) is 3.74. The number of ether oxygens (including phenoxy) is 1. The second-order valence-electron chi connectivity index (χ2n) is 7.87. The van der Waals surface area contributed by atoms with E-state index in [1.54, 1.807) is 7.11 Å². The first-order valence-corrected chi connectivity index (χ1v) is 12.7. The van der Waals surface area contributed by atoms with Crippen LogP contribution in [-0.2, 0) is 4.43 Å². The van der Waals surface area contributed by atoms with Crippen molar-refractivity contribution in [3.63, 3.8) is 0 Å². The molecule has 32 heavy (non-hydrogen) atoms. The third-order valence-corrected chi connectivity index (χ3v) is 6.42. The lowest BCUT2D eigenvalue weighted by Gasteiger charge is -2.31. The van der Waals surface area contributed by atoms with Crippen molar-refractivity contribution in [2.24, 2.45) is 0 Å². The van der Waals surface area contributed by atoms with E-state index in [1.807, 2.05) is 12.1 Å². The van der Waals surface area contributed by atoms with Crippen LogP contribution in [0.15, 0.2) is 18.2 Å². The van der Waals surface area contributed by atoms with Gasteiger partial charge in [0.15, 0.2) is 0 Å². The second kappa shape index (κ2) is 12.9.